The summed E-state index contributed by atoms with van der Waals surface area (Å²) in [4.78, 5) is 31.2. The first-order chi connectivity index (χ1) is 16.1. The molecule has 0 atom stereocenters. The Morgan fingerprint density at radius 2 is 1.91 bits per heavy atom. The van der Waals surface area contributed by atoms with E-state index >= 15 is 0 Å². The van der Waals surface area contributed by atoms with Gasteiger partial charge in [0, 0.05) is 35.2 Å². The number of nitrogens with one attached hydrogen (secondary N) is 1. The fourth-order valence-corrected chi connectivity index (χ4v) is 5.43. The fourth-order valence-electron chi connectivity index (χ4n) is 5.22. The quantitative estimate of drug-likeness (QED) is 0.249. The van der Waals surface area contributed by atoms with Gasteiger partial charge >= 0.3 is 0 Å². The first kappa shape index (κ1) is 25.7. The number of hydrogen-bond acceptors (Lipinski definition) is 4. The van der Waals surface area contributed by atoms with Crippen LogP contribution in [0, 0.1) is 17.4 Å². The maximum atomic E-state index is 13.0. The van der Waals surface area contributed by atoms with Gasteiger partial charge in [-0.1, -0.05) is 51.8 Å². The number of nitrogens with zero attached hydrogens (tertiary/aromatic N) is 2. The summed E-state index contributed by atoms with van der Waals surface area (Å²) < 4.78 is 6.29. The minimum absolute atomic E-state index is 0.104. The summed E-state index contributed by atoms with van der Waals surface area (Å²) in [6.07, 6.45) is 6.74. The number of halogens is 1. The second-order valence-corrected chi connectivity index (χ2v) is 10.5. The summed E-state index contributed by atoms with van der Waals surface area (Å²) in [5, 5.41) is 3.55. The van der Waals surface area contributed by atoms with E-state index in [0.29, 0.717) is 28.4 Å². The normalized spacial score (nSPS) is 20.0. The van der Waals surface area contributed by atoms with Crippen molar-refractivity contribution in [3.63, 3.8) is 0 Å². The monoisotopic (exact) mass is 481 g/mol. The van der Waals surface area contributed by atoms with E-state index in [0.717, 1.165) is 37.7 Å². The Morgan fingerprint density at radius 1 is 1.18 bits per heavy atom. The molecule has 1 aliphatic rings. The van der Waals surface area contributed by atoms with E-state index in [2.05, 4.69) is 42.8 Å². The van der Waals surface area contributed by atoms with Crippen LogP contribution in [-0.2, 0) is 11.2 Å². The molecule has 1 N–H and O–H groups in total. The van der Waals surface area contributed by atoms with E-state index < -0.39 is 0 Å². The van der Waals surface area contributed by atoms with Gasteiger partial charge in [-0.25, -0.2) is 4.85 Å². The van der Waals surface area contributed by atoms with Crippen LogP contribution in [0.25, 0.3) is 4.85 Å². The zero-order valence-electron chi connectivity index (χ0n) is 20.2. The molecule has 1 amide bonds. The number of aryl methyl sites for hydroxylation is 1. The number of ether oxygens (including phenoxy) is 1. The average molecular weight is 482 g/mol. The lowest BCUT2D eigenvalue weighted by Gasteiger charge is -2.63. The minimum Gasteiger partial charge on any atom is -0.489 e. The number of carbonyl (C=O) groups excluding carboxylic acids is 2. The van der Waals surface area contributed by atoms with Crippen molar-refractivity contribution in [3.05, 3.63) is 64.2 Å². The summed E-state index contributed by atoms with van der Waals surface area (Å²) in [6, 6.07) is 8.69. The lowest BCUT2D eigenvalue weighted by Crippen LogP contribution is -2.74. The van der Waals surface area contributed by atoms with E-state index in [-0.39, 0.29) is 28.9 Å². The summed E-state index contributed by atoms with van der Waals surface area (Å²) >= 11 is 6.17. The number of benzene rings is 1. The maximum Gasteiger partial charge on any atom is 0.253 e. The number of aromatic nitrogens is 1. The average Bonchev–Trinajstić information content (AvgIpc) is 2.81. The largest absolute Gasteiger partial charge is 0.489 e. The van der Waals surface area contributed by atoms with Gasteiger partial charge in [0.1, 0.15) is 18.1 Å². The number of aldehydes is 1. The molecule has 1 heterocycles. The summed E-state index contributed by atoms with van der Waals surface area (Å²) in [7, 11) is 0. The minimum atomic E-state index is -0.320. The molecule has 2 aromatic rings. The molecule has 1 saturated carbocycles. The van der Waals surface area contributed by atoms with Gasteiger partial charge in [0.05, 0.1) is 17.2 Å². The van der Waals surface area contributed by atoms with Gasteiger partial charge in [-0.3, -0.25) is 9.78 Å². The Hall–Kier alpha value is -2.91. The molecule has 6 nitrogen and oxygen atoms in total. The van der Waals surface area contributed by atoms with Crippen molar-refractivity contribution in [1.82, 2.24) is 10.3 Å². The second-order valence-electron chi connectivity index (χ2n) is 10.1. The van der Waals surface area contributed by atoms with Crippen LogP contribution >= 0.6 is 11.6 Å². The van der Waals surface area contributed by atoms with Crippen molar-refractivity contribution in [1.29, 1.82) is 0 Å². The summed E-state index contributed by atoms with van der Waals surface area (Å²) in [5.41, 5.74) is 1.23. The maximum absolute atomic E-state index is 13.0. The highest BCUT2D eigenvalue weighted by atomic mass is 35.5. The van der Waals surface area contributed by atoms with Gasteiger partial charge in [0.2, 0.25) is 5.69 Å². The van der Waals surface area contributed by atoms with Gasteiger partial charge in [-0.05, 0) is 43.5 Å². The first-order valence-corrected chi connectivity index (χ1v) is 12.0. The summed E-state index contributed by atoms with van der Waals surface area (Å²) in [6.45, 7) is 15.5. The van der Waals surface area contributed by atoms with Crippen LogP contribution in [0.2, 0.25) is 5.02 Å². The molecule has 1 fully saturated rings. The van der Waals surface area contributed by atoms with Crippen molar-refractivity contribution >= 4 is 29.5 Å². The number of pyridine rings is 1. The predicted molar refractivity (Wildman–Crippen MR) is 133 cm³/mol. The standard InChI is InChI=1S/C27H32ClN3O3/c1-26(2)24(27(3,4)25(26)34-20-13-14-22(29-5)21(28)16-20)31-23(33)18-11-12-19(30-17-18)10-8-6-7-9-15-32/h11-17,24-25H,6-10H2,1-4H3,(H,31,33). The van der Waals surface area contributed by atoms with Crippen molar-refractivity contribution in [3.8, 4) is 5.75 Å². The van der Waals surface area contributed by atoms with Gasteiger partial charge in [-0.2, -0.15) is 0 Å². The number of rotatable bonds is 10. The molecule has 1 aliphatic carbocycles. The molecule has 180 valence electrons. The third-order valence-electron chi connectivity index (χ3n) is 6.75. The molecule has 0 unspecified atom stereocenters. The third-order valence-corrected chi connectivity index (χ3v) is 7.05. The van der Waals surface area contributed by atoms with Gasteiger partial charge in [0.15, 0.2) is 0 Å². The first-order valence-electron chi connectivity index (χ1n) is 11.6. The van der Waals surface area contributed by atoms with Gasteiger partial charge < -0.3 is 14.8 Å². The highest BCUT2D eigenvalue weighted by molar-refractivity contribution is 6.33. The SMILES string of the molecule is [C-]#[N+]c1ccc(OC2C(C)(C)C(NC(=O)c3ccc(CCCCCC=O)nc3)C2(C)C)cc1Cl. The van der Waals surface area contributed by atoms with E-state index in [1.807, 2.05) is 12.1 Å². The Bertz CT molecular complexity index is 1060. The molecule has 0 spiro atoms. The lowest BCUT2D eigenvalue weighted by molar-refractivity contribution is -0.164. The summed E-state index contributed by atoms with van der Waals surface area (Å²) in [5.74, 6) is 0.457. The molecule has 0 radical (unpaired) electrons. The molecule has 0 saturated heterocycles. The van der Waals surface area contributed by atoms with E-state index in [1.165, 1.54) is 0 Å². The molecular formula is C27H32ClN3O3. The number of unbranched alkanes of at least 4 members (excludes halogenated alkanes) is 3. The Kier molecular flexibility index (Phi) is 7.99. The Balaban J connectivity index is 1.61. The molecular weight excluding hydrogens is 450 g/mol. The number of amides is 1. The highest BCUT2D eigenvalue weighted by Crippen LogP contribution is 2.55. The van der Waals surface area contributed by atoms with Crippen LogP contribution < -0.4 is 10.1 Å². The third kappa shape index (κ3) is 5.42. The van der Waals surface area contributed by atoms with Crippen LogP contribution in [0.15, 0.2) is 36.5 Å². The van der Waals surface area contributed by atoms with E-state index in [1.54, 1.807) is 24.4 Å². The predicted octanol–water partition coefficient (Wildman–Crippen LogP) is 6.20. The lowest BCUT2D eigenvalue weighted by atomic mass is 9.49. The van der Waals surface area contributed by atoms with Crippen LogP contribution in [0.4, 0.5) is 5.69 Å². The number of carbonyl (C=O) groups is 2. The van der Waals surface area contributed by atoms with Crippen LogP contribution in [0.3, 0.4) is 0 Å². The topological polar surface area (TPSA) is 72.7 Å². The van der Waals surface area contributed by atoms with Crippen molar-refractivity contribution in [2.75, 3.05) is 0 Å². The van der Waals surface area contributed by atoms with Crippen molar-refractivity contribution in [2.24, 2.45) is 10.8 Å². The highest BCUT2D eigenvalue weighted by Gasteiger charge is 2.64. The second kappa shape index (κ2) is 10.6. The molecule has 3 rings (SSSR count). The Labute approximate surface area is 206 Å². The molecule has 34 heavy (non-hydrogen) atoms. The fraction of sp³-hybridized carbons (Fsp3) is 0.481. The van der Waals surface area contributed by atoms with E-state index in [4.69, 9.17) is 22.9 Å². The van der Waals surface area contributed by atoms with Crippen LogP contribution in [0.1, 0.15) is 69.4 Å². The zero-order valence-corrected chi connectivity index (χ0v) is 21.0. The molecule has 0 aliphatic heterocycles. The van der Waals surface area contributed by atoms with Crippen LogP contribution in [0.5, 0.6) is 5.75 Å². The molecule has 1 aromatic carbocycles. The molecule has 1 aromatic heterocycles. The Morgan fingerprint density at radius 3 is 2.50 bits per heavy atom. The van der Waals surface area contributed by atoms with Gasteiger partial charge in [-0.15, -0.1) is 0 Å². The van der Waals surface area contributed by atoms with E-state index in [9.17, 15) is 9.59 Å². The van der Waals surface area contributed by atoms with Crippen molar-refractivity contribution in [2.45, 2.75) is 71.9 Å². The van der Waals surface area contributed by atoms with Gasteiger partial charge in [0.25, 0.3) is 5.91 Å². The van der Waals surface area contributed by atoms with Crippen molar-refractivity contribution < 1.29 is 14.3 Å². The smallest absolute Gasteiger partial charge is 0.253 e. The molecule has 7 heteroatoms. The zero-order chi connectivity index (χ0) is 24.9. The number of hydrogen-bond donors (Lipinski definition) is 1. The van der Waals surface area contributed by atoms with Crippen LogP contribution in [-0.4, -0.2) is 29.3 Å². The molecule has 0 bridgehead atoms.